The third-order valence-corrected chi connectivity index (χ3v) is 8.06. The van der Waals surface area contributed by atoms with E-state index in [4.69, 9.17) is 14.0 Å². The van der Waals surface area contributed by atoms with Gasteiger partial charge in [0.15, 0.2) is 11.5 Å². The molecule has 3 aromatic carbocycles. The van der Waals surface area contributed by atoms with Crippen molar-refractivity contribution < 1.29 is 28.7 Å². The van der Waals surface area contributed by atoms with Gasteiger partial charge < -0.3 is 34.6 Å². The number of fused-ring (bicyclic) bond motifs is 1. The summed E-state index contributed by atoms with van der Waals surface area (Å²) in [6, 6.07) is 21.8. The minimum atomic E-state index is -0.525. The van der Waals surface area contributed by atoms with E-state index in [1.807, 2.05) is 75.5 Å². The van der Waals surface area contributed by atoms with E-state index in [0.717, 1.165) is 17.1 Å². The second-order valence-corrected chi connectivity index (χ2v) is 11.8. The number of aliphatic hydroxyl groups excluding tert-OH is 1. The maximum absolute atomic E-state index is 13.8. The number of nitrogens with zero attached hydrogens (tertiary/aromatic N) is 3. The van der Waals surface area contributed by atoms with Crippen LogP contribution in [0.1, 0.15) is 41.2 Å². The molecule has 1 aliphatic heterocycles. The SMILES string of the molecule is Cc1noc(C)c1NC(=O)Nc1cccc2c1O[C@H](CN(C)Cc1ccc(Oc3ccccc3)cc1)[C@H](C)CN([C@H](C)CO)C2=O. The highest BCUT2D eigenvalue weighted by Crippen LogP contribution is 2.35. The number of ether oxygens (including phenoxy) is 2. The maximum atomic E-state index is 13.8. The molecular formula is C35H41N5O6. The number of aromatic nitrogens is 1. The summed E-state index contributed by atoms with van der Waals surface area (Å²) in [5.74, 6) is 1.92. The number of amides is 3. The number of carbonyl (C=O) groups excluding carboxylic acids is 2. The van der Waals surface area contributed by atoms with Gasteiger partial charge >= 0.3 is 6.03 Å². The number of anilines is 2. The Morgan fingerprint density at radius 2 is 1.78 bits per heavy atom. The first kappa shape index (κ1) is 32.5. The zero-order valence-electron chi connectivity index (χ0n) is 26.8. The minimum absolute atomic E-state index is 0.0978. The first-order chi connectivity index (χ1) is 22.1. The fourth-order valence-corrected chi connectivity index (χ4v) is 5.46. The topological polar surface area (TPSA) is 129 Å². The molecular weight excluding hydrogens is 586 g/mol. The number of hydrogen-bond donors (Lipinski definition) is 3. The summed E-state index contributed by atoms with van der Waals surface area (Å²) in [6.45, 7) is 8.70. The van der Waals surface area contributed by atoms with Crippen molar-refractivity contribution in [3.8, 4) is 17.2 Å². The molecule has 11 nitrogen and oxygen atoms in total. The van der Waals surface area contributed by atoms with E-state index in [-0.39, 0.29) is 30.3 Å². The molecule has 5 rings (SSSR count). The number of aryl methyl sites for hydroxylation is 2. The largest absolute Gasteiger partial charge is 0.486 e. The molecule has 0 spiro atoms. The number of likely N-dealkylation sites (N-methyl/N-ethyl adjacent to an activating group) is 1. The van der Waals surface area contributed by atoms with Gasteiger partial charge in [0.1, 0.15) is 29.0 Å². The zero-order chi connectivity index (χ0) is 32.8. The molecule has 0 unspecified atom stereocenters. The average molecular weight is 628 g/mol. The molecule has 3 N–H and O–H groups in total. The third kappa shape index (κ3) is 7.67. The highest BCUT2D eigenvalue weighted by molar-refractivity contribution is 6.04. The van der Waals surface area contributed by atoms with Crippen LogP contribution in [0.15, 0.2) is 77.3 Å². The highest BCUT2D eigenvalue weighted by Gasteiger charge is 2.34. The standard InChI is InChI=1S/C35H41N5O6/c1-22-18-40(23(2)21-41)34(42)29-12-9-13-30(36-35(43)37-32-24(3)38-46-25(32)4)33(29)45-31(22)20-39(5)19-26-14-16-28(17-15-26)44-27-10-7-6-8-11-27/h6-17,22-23,31,41H,18-21H2,1-5H3,(H2,36,37,43)/t22-,23-,31-/m1/s1. The molecule has 3 amide bonds. The molecule has 1 aromatic heterocycles. The number of nitrogens with one attached hydrogen (secondary N) is 2. The molecule has 11 heteroatoms. The third-order valence-electron chi connectivity index (χ3n) is 8.06. The van der Waals surface area contributed by atoms with Crippen LogP contribution in [-0.4, -0.2) is 70.9 Å². The predicted molar refractivity (Wildman–Crippen MR) is 176 cm³/mol. The van der Waals surface area contributed by atoms with Crippen molar-refractivity contribution >= 4 is 23.3 Å². The van der Waals surface area contributed by atoms with Crippen LogP contribution in [0.5, 0.6) is 17.2 Å². The summed E-state index contributed by atoms with van der Waals surface area (Å²) in [7, 11) is 2.02. The number of hydrogen-bond acceptors (Lipinski definition) is 8. The van der Waals surface area contributed by atoms with Crippen molar-refractivity contribution in [2.75, 3.05) is 37.4 Å². The van der Waals surface area contributed by atoms with E-state index < -0.39 is 12.1 Å². The predicted octanol–water partition coefficient (Wildman–Crippen LogP) is 6.08. The van der Waals surface area contributed by atoms with Crippen LogP contribution in [0.25, 0.3) is 0 Å². The number of para-hydroxylation sites is 2. The molecule has 3 atom stereocenters. The zero-order valence-corrected chi connectivity index (χ0v) is 26.8. The molecule has 46 heavy (non-hydrogen) atoms. The first-order valence-electron chi connectivity index (χ1n) is 15.4. The number of rotatable bonds is 10. The van der Waals surface area contributed by atoms with Gasteiger partial charge in [0.25, 0.3) is 5.91 Å². The van der Waals surface area contributed by atoms with Gasteiger partial charge in [-0.1, -0.05) is 48.5 Å². The quantitative estimate of drug-likeness (QED) is 0.193. The lowest BCUT2D eigenvalue weighted by molar-refractivity contribution is 0.0343. The first-order valence-corrected chi connectivity index (χ1v) is 15.4. The Balaban J connectivity index is 1.35. The van der Waals surface area contributed by atoms with Crippen LogP contribution in [0.4, 0.5) is 16.2 Å². The molecule has 0 saturated carbocycles. The summed E-state index contributed by atoms with van der Waals surface area (Å²) < 4.78 is 17.7. The summed E-state index contributed by atoms with van der Waals surface area (Å²) in [4.78, 5) is 30.7. The number of carbonyl (C=O) groups is 2. The van der Waals surface area contributed by atoms with Crippen LogP contribution in [0, 0.1) is 19.8 Å². The van der Waals surface area contributed by atoms with E-state index in [2.05, 4.69) is 20.7 Å². The maximum Gasteiger partial charge on any atom is 0.323 e. The van der Waals surface area contributed by atoms with Crippen molar-refractivity contribution in [1.82, 2.24) is 15.0 Å². The number of urea groups is 1. The minimum Gasteiger partial charge on any atom is -0.486 e. The van der Waals surface area contributed by atoms with E-state index in [9.17, 15) is 14.7 Å². The molecule has 2 heterocycles. The lowest BCUT2D eigenvalue weighted by Crippen LogP contribution is -2.49. The highest BCUT2D eigenvalue weighted by atomic mass is 16.5. The Morgan fingerprint density at radius 1 is 1.07 bits per heavy atom. The van der Waals surface area contributed by atoms with Crippen LogP contribution in [0.2, 0.25) is 0 Å². The van der Waals surface area contributed by atoms with E-state index in [0.29, 0.717) is 48.0 Å². The molecule has 1 aliphatic rings. The van der Waals surface area contributed by atoms with Gasteiger partial charge in [-0.3, -0.25) is 9.69 Å². The molecule has 0 saturated heterocycles. The molecule has 0 aliphatic carbocycles. The lowest BCUT2D eigenvalue weighted by Gasteiger charge is -2.38. The van der Waals surface area contributed by atoms with E-state index >= 15 is 0 Å². The Labute approximate surface area is 269 Å². The molecule has 4 aromatic rings. The molecule has 0 fully saturated rings. The Kier molecular flexibility index (Phi) is 10.2. The lowest BCUT2D eigenvalue weighted by atomic mass is 9.99. The molecule has 242 valence electrons. The fraction of sp³-hybridized carbons (Fsp3) is 0.343. The summed E-state index contributed by atoms with van der Waals surface area (Å²) in [6.07, 6.45) is -0.348. The van der Waals surface area contributed by atoms with E-state index in [1.54, 1.807) is 36.9 Å². The van der Waals surface area contributed by atoms with Crippen LogP contribution in [-0.2, 0) is 6.54 Å². The Hall–Kier alpha value is -4.87. The Morgan fingerprint density at radius 3 is 2.46 bits per heavy atom. The van der Waals surface area contributed by atoms with E-state index in [1.165, 1.54) is 0 Å². The summed E-state index contributed by atoms with van der Waals surface area (Å²) >= 11 is 0. The van der Waals surface area contributed by atoms with Crippen LogP contribution in [0.3, 0.4) is 0 Å². The van der Waals surface area contributed by atoms with Gasteiger partial charge in [-0.15, -0.1) is 0 Å². The fourth-order valence-electron chi connectivity index (χ4n) is 5.46. The van der Waals surface area contributed by atoms with Gasteiger partial charge in [0.05, 0.1) is 23.9 Å². The monoisotopic (exact) mass is 627 g/mol. The van der Waals surface area contributed by atoms with Crippen molar-refractivity contribution in [3.05, 3.63) is 95.4 Å². The second kappa shape index (κ2) is 14.5. The second-order valence-electron chi connectivity index (χ2n) is 11.8. The van der Waals surface area contributed by atoms with Gasteiger partial charge in [0, 0.05) is 25.6 Å². The number of benzene rings is 3. The normalized spacial score (nSPS) is 17.0. The molecule has 0 radical (unpaired) electrons. The number of aliphatic hydroxyl groups is 1. The van der Waals surface area contributed by atoms with Gasteiger partial charge in [-0.25, -0.2) is 4.79 Å². The van der Waals surface area contributed by atoms with Gasteiger partial charge in [-0.2, -0.15) is 0 Å². The van der Waals surface area contributed by atoms with Crippen molar-refractivity contribution in [2.45, 2.75) is 46.4 Å². The van der Waals surface area contributed by atoms with Gasteiger partial charge in [0.2, 0.25) is 0 Å². The summed E-state index contributed by atoms with van der Waals surface area (Å²) in [5.41, 5.74) is 2.78. The van der Waals surface area contributed by atoms with Crippen molar-refractivity contribution in [3.63, 3.8) is 0 Å². The molecule has 0 bridgehead atoms. The smallest absolute Gasteiger partial charge is 0.323 e. The van der Waals surface area contributed by atoms with Gasteiger partial charge in [-0.05, 0) is 69.8 Å². The van der Waals surface area contributed by atoms with Crippen LogP contribution >= 0.6 is 0 Å². The average Bonchev–Trinajstić information content (AvgIpc) is 3.36. The summed E-state index contributed by atoms with van der Waals surface area (Å²) in [5, 5.41) is 19.5. The Bertz CT molecular complexity index is 1620. The van der Waals surface area contributed by atoms with Crippen LogP contribution < -0.4 is 20.1 Å². The van der Waals surface area contributed by atoms with Crippen molar-refractivity contribution in [2.24, 2.45) is 5.92 Å². The van der Waals surface area contributed by atoms with Crippen molar-refractivity contribution in [1.29, 1.82) is 0 Å².